The molecule has 5 nitrogen and oxygen atoms in total. The van der Waals surface area contributed by atoms with Crippen LogP contribution in [0.5, 0.6) is 0 Å². The first-order chi connectivity index (χ1) is 11.3. The van der Waals surface area contributed by atoms with Crippen molar-refractivity contribution in [2.75, 3.05) is 19.0 Å². The minimum atomic E-state index is -3.62. The van der Waals surface area contributed by atoms with Gasteiger partial charge in [-0.1, -0.05) is 36.4 Å². The molecule has 1 aliphatic rings. The van der Waals surface area contributed by atoms with Crippen LogP contribution in [0.3, 0.4) is 0 Å². The number of sulfonamides is 1. The molecule has 24 heavy (non-hydrogen) atoms. The van der Waals surface area contributed by atoms with Gasteiger partial charge >= 0.3 is 5.37 Å². The zero-order chi connectivity index (χ0) is 17.5. The van der Waals surface area contributed by atoms with Gasteiger partial charge in [-0.3, -0.25) is 9.69 Å². The van der Waals surface area contributed by atoms with E-state index in [2.05, 4.69) is 0 Å². The van der Waals surface area contributed by atoms with Gasteiger partial charge in [0.05, 0.1) is 16.3 Å². The Morgan fingerprint density at radius 1 is 1.00 bits per heavy atom. The Morgan fingerprint density at radius 3 is 2.25 bits per heavy atom. The third-order valence-corrected chi connectivity index (χ3v) is 5.80. The molecule has 1 aliphatic heterocycles. The van der Waals surface area contributed by atoms with Gasteiger partial charge in [0.2, 0.25) is 10.0 Å². The summed E-state index contributed by atoms with van der Waals surface area (Å²) in [6, 6.07) is 11.9. The van der Waals surface area contributed by atoms with Crippen LogP contribution < -0.4 is 4.90 Å². The van der Waals surface area contributed by atoms with Crippen LogP contribution in [0, 0.1) is 0 Å². The molecule has 7 heteroatoms. The Hall–Kier alpha value is -2.15. The number of para-hydroxylation sites is 1. The van der Waals surface area contributed by atoms with Gasteiger partial charge in [-0.25, -0.2) is 12.7 Å². The van der Waals surface area contributed by atoms with Crippen molar-refractivity contribution in [3.63, 3.8) is 0 Å². The number of carbonyl (C=O) groups is 1. The molecule has 2 aromatic carbocycles. The van der Waals surface area contributed by atoms with E-state index in [-0.39, 0.29) is 4.90 Å². The number of amides is 1. The van der Waals surface area contributed by atoms with Crippen LogP contribution in [0.15, 0.2) is 47.4 Å². The van der Waals surface area contributed by atoms with Gasteiger partial charge in [0.15, 0.2) is 0 Å². The van der Waals surface area contributed by atoms with Crippen molar-refractivity contribution >= 4 is 50.5 Å². The average molecular weight is 363 g/mol. The topological polar surface area (TPSA) is 57.7 Å². The summed E-state index contributed by atoms with van der Waals surface area (Å²) in [7, 11) is -0.703. The van der Waals surface area contributed by atoms with Crippen molar-refractivity contribution in [3.05, 3.63) is 53.6 Å². The zero-order valence-electron chi connectivity index (χ0n) is 13.1. The predicted octanol–water partition coefficient (Wildman–Crippen LogP) is 3.92. The summed E-state index contributed by atoms with van der Waals surface area (Å²) < 4.78 is 25.9. The van der Waals surface area contributed by atoms with Crippen molar-refractivity contribution in [2.45, 2.75) is 4.90 Å². The van der Waals surface area contributed by atoms with Crippen LogP contribution in [0.2, 0.25) is 0 Å². The fourth-order valence-electron chi connectivity index (χ4n) is 2.56. The molecule has 0 aliphatic carbocycles. The van der Waals surface area contributed by atoms with E-state index in [1.165, 1.54) is 31.1 Å². The maximum absolute atomic E-state index is 12.4. The molecule has 0 radical (unpaired) electrons. The Balaban J connectivity index is 2.27. The van der Waals surface area contributed by atoms with Crippen molar-refractivity contribution in [1.29, 1.82) is 0 Å². The molecule has 0 atom stereocenters. The standard InChI is InChI=1S/C17H15ClN2O3S/c1-19(2)24(22,23)14-10-9-13-8-7-12-5-3-4-6-15(12)20(17(18)21)16(13)11-14/h3-11H,1-2H3. The van der Waals surface area contributed by atoms with E-state index < -0.39 is 15.4 Å². The molecule has 0 bridgehead atoms. The van der Waals surface area contributed by atoms with Crippen LogP contribution >= 0.6 is 11.6 Å². The van der Waals surface area contributed by atoms with E-state index in [9.17, 15) is 13.2 Å². The van der Waals surface area contributed by atoms with Crippen LogP contribution in [0.1, 0.15) is 11.1 Å². The van der Waals surface area contributed by atoms with Gasteiger partial charge in [0.25, 0.3) is 0 Å². The van der Waals surface area contributed by atoms with Crippen molar-refractivity contribution in [3.8, 4) is 0 Å². The summed E-state index contributed by atoms with van der Waals surface area (Å²) >= 11 is 5.81. The highest BCUT2D eigenvalue weighted by Crippen LogP contribution is 2.38. The predicted molar refractivity (Wildman–Crippen MR) is 96.1 cm³/mol. The van der Waals surface area contributed by atoms with Gasteiger partial charge in [-0.05, 0) is 40.9 Å². The first kappa shape index (κ1) is 16.7. The monoisotopic (exact) mass is 362 g/mol. The minimum absolute atomic E-state index is 0.0990. The van der Waals surface area contributed by atoms with Crippen LogP contribution in [-0.4, -0.2) is 32.2 Å². The lowest BCUT2D eigenvalue weighted by molar-refractivity contribution is 0.266. The lowest BCUT2D eigenvalue weighted by Gasteiger charge is -2.23. The van der Waals surface area contributed by atoms with Crippen molar-refractivity contribution in [1.82, 2.24) is 4.31 Å². The molecular weight excluding hydrogens is 348 g/mol. The van der Waals surface area contributed by atoms with Gasteiger partial charge in [0, 0.05) is 14.1 Å². The largest absolute Gasteiger partial charge is 0.325 e. The number of hydrogen-bond donors (Lipinski definition) is 0. The second kappa shape index (κ2) is 6.05. The molecule has 0 aromatic heterocycles. The Labute approximate surface area is 145 Å². The summed E-state index contributed by atoms with van der Waals surface area (Å²) in [5.41, 5.74) is 2.56. The zero-order valence-corrected chi connectivity index (χ0v) is 14.7. The van der Waals surface area contributed by atoms with Gasteiger partial charge < -0.3 is 0 Å². The third kappa shape index (κ3) is 2.73. The summed E-state index contributed by atoms with van der Waals surface area (Å²) in [6.07, 6.45) is 3.70. The summed E-state index contributed by atoms with van der Waals surface area (Å²) in [5.74, 6) is 0. The second-order valence-corrected chi connectivity index (χ2v) is 7.96. The number of rotatable bonds is 2. The van der Waals surface area contributed by atoms with Crippen molar-refractivity contribution in [2.24, 2.45) is 0 Å². The van der Waals surface area contributed by atoms with E-state index >= 15 is 0 Å². The molecule has 0 N–H and O–H groups in total. The number of carbonyl (C=O) groups excluding carboxylic acids is 1. The SMILES string of the molecule is CN(C)S(=O)(=O)c1ccc2c(c1)N(C(=O)Cl)c1ccccc1C=C2. The van der Waals surface area contributed by atoms with E-state index in [0.717, 1.165) is 9.87 Å². The van der Waals surface area contributed by atoms with Crippen LogP contribution in [0.4, 0.5) is 16.2 Å². The first-order valence-corrected chi connectivity index (χ1v) is 8.97. The normalized spacial score (nSPS) is 13.4. The van der Waals surface area contributed by atoms with E-state index in [4.69, 9.17) is 11.6 Å². The highest BCUT2D eigenvalue weighted by molar-refractivity contribution is 7.89. The number of benzene rings is 2. The molecule has 1 heterocycles. The van der Waals surface area contributed by atoms with Crippen molar-refractivity contribution < 1.29 is 13.2 Å². The number of halogens is 1. The molecule has 0 unspecified atom stereocenters. The maximum atomic E-state index is 12.4. The summed E-state index contributed by atoms with van der Waals surface area (Å²) in [4.78, 5) is 13.5. The number of hydrogen-bond acceptors (Lipinski definition) is 3. The molecule has 124 valence electrons. The summed E-state index contributed by atoms with van der Waals surface area (Å²) in [5, 5.41) is -0.702. The van der Waals surface area contributed by atoms with E-state index in [1.807, 2.05) is 24.3 Å². The summed E-state index contributed by atoms with van der Waals surface area (Å²) in [6.45, 7) is 0. The number of anilines is 2. The Morgan fingerprint density at radius 2 is 1.62 bits per heavy atom. The van der Waals surface area contributed by atoms with E-state index in [0.29, 0.717) is 16.9 Å². The molecule has 0 saturated heterocycles. The highest BCUT2D eigenvalue weighted by atomic mass is 35.5. The molecule has 0 fully saturated rings. The Bertz CT molecular complexity index is 952. The number of nitrogens with zero attached hydrogens (tertiary/aromatic N) is 2. The second-order valence-electron chi connectivity index (χ2n) is 5.49. The van der Waals surface area contributed by atoms with Crippen LogP contribution in [-0.2, 0) is 10.0 Å². The molecule has 0 saturated carbocycles. The van der Waals surface area contributed by atoms with Gasteiger partial charge in [-0.2, -0.15) is 0 Å². The average Bonchev–Trinajstić information content (AvgIpc) is 2.70. The highest BCUT2D eigenvalue weighted by Gasteiger charge is 2.25. The first-order valence-electron chi connectivity index (χ1n) is 7.15. The van der Waals surface area contributed by atoms with Gasteiger partial charge in [0.1, 0.15) is 0 Å². The molecule has 3 rings (SSSR count). The van der Waals surface area contributed by atoms with Gasteiger partial charge in [-0.15, -0.1) is 0 Å². The van der Waals surface area contributed by atoms with Crippen LogP contribution in [0.25, 0.3) is 12.2 Å². The maximum Gasteiger partial charge on any atom is 0.325 e. The minimum Gasteiger partial charge on any atom is -0.266 e. The molecular formula is C17H15ClN2O3S. The lowest BCUT2D eigenvalue weighted by Crippen LogP contribution is -2.24. The fraction of sp³-hybridized carbons (Fsp3) is 0.118. The Kier molecular flexibility index (Phi) is 4.21. The molecule has 1 amide bonds. The quantitative estimate of drug-likeness (QED) is 0.601. The smallest absolute Gasteiger partial charge is 0.266 e. The lowest BCUT2D eigenvalue weighted by atomic mass is 10.1. The van der Waals surface area contributed by atoms with E-state index in [1.54, 1.807) is 18.2 Å². The molecule has 2 aromatic rings. The number of fused-ring (bicyclic) bond motifs is 2. The third-order valence-electron chi connectivity index (χ3n) is 3.82. The molecule has 0 spiro atoms. The fourth-order valence-corrected chi connectivity index (χ4v) is 3.66.